The molecule has 0 aromatic carbocycles. The van der Waals surface area contributed by atoms with Crippen LogP contribution < -0.4 is 16.4 Å². The third-order valence-electron chi connectivity index (χ3n) is 2.55. The van der Waals surface area contributed by atoms with Crippen molar-refractivity contribution in [1.82, 2.24) is 10.6 Å². The minimum atomic E-state index is -1.18. The van der Waals surface area contributed by atoms with Crippen LogP contribution in [0.15, 0.2) is 4.99 Å². The Labute approximate surface area is 153 Å². The lowest BCUT2D eigenvalue weighted by molar-refractivity contribution is -0.139. The van der Waals surface area contributed by atoms with Gasteiger partial charge in [-0.05, 0) is 54.4 Å². The van der Waals surface area contributed by atoms with Gasteiger partial charge in [0.2, 0.25) is 0 Å². The van der Waals surface area contributed by atoms with E-state index < -0.39 is 35.4 Å². The minimum Gasteiger partial charge on any atom is -0.480 e. The summed E-state index contributed by atoms with van der Waals surface area (Å²) < 4.78 is 10.0. The molecular formula is C16H30N4O6. The first-order valence-electron chi connectivity index (χ1n) is 8.22. The Balaban J connectivity index is 4.37. The van der Waals surface area contributed by atoms with E-state index in [9.17, 15) is 14.4 Å². The summed E-state index contributed by atoms with van der Waals surface area (Å²) in [5, 5.41) is 13.7. The molecule has 150 valence electrons. The first-order valence-corrected chi connectivity index (χ1v) is 8.22. The number of carbonyl (C=O) groups excluding carboxylic acids is 2. The van der Waals surface area contributed by atoms with Crippen LogP contribution in [0, 0.1) is 0 Å². The van der Waals surface area contributed by atoms with Gasteiger partial charge in [0.25, 0.3) is 0 Å². The normalized spacial score (nSPS) is 13.5. The van der Waals surface area contributed by atoms with Crippen LogP contribution in [0.25, 0.3) is 0 Å². The number of carboxylic acids is 1. The number of alkyl carbamates (subject to hydrolysis) is 2. The number of carboxylic acid groups (broad SMARTS) is 1. The van der Waals surface area contributed by atoms with E-state index in [1.54, 1.807) is 41.5 Å². The number of amides is 2. The lowest BCUT2D eigenvalue weighted by Crippen LogP contribution is -2.43. The zero-order valence-electron chi connectivity index (χ0n) is 16.2. The van der Waals surface area contributed by atoms with Gasteiger partial charge in [-0.3, -0.25) is 10.3 Å². The highest BCUT2D eigenvalue weighted by Crippen LogP contribution is 2.08. The second-order valence-electron chi connectivity index (χ2n) is 7.57. The summed E-state index contributed by atoms with van der Waals surface area (Å²) in [5.74, 6) is -1.31. The van der Waals surface area contributed by atoms with E-state index in [-0.39, 0.29) is 18.9 Å². The summed E-state index contributed by atoms with van der Waals surface area (Å²) in [6, 6.07) is -1.11. The number of rotatable bonds is 6. The third-order valence-corrected chi connectivity index (χ3v) is 2.55. The largest absolute Gasteiger partial charge is 0.480 e. The predicted octanol–water partition coefficient (Wildman–Crippen LogP) is 1.58. The van der Waals surface area contributed by atoms with Crippen molar-refractivity contribution in [2.24, 2.45) is 10.7 Å². The van der Waals surface area contributed by atoms with Gasteiger partial charge in [0.1, 0.15) is 17.2 Å². The summed E-state index contributed by atoms with van der Waals surface area (Å²) in [6.07, 6.45) is -1.09. The van der Waals surface area contributed by atoms with E-state index >= 15 is 0 Å². The van der Waals surface area contributed by atoms with Crippen molar-refractivity contribution in [1.29, 1.82) is 0 Å². The lowest BCUT2D eigenvalue weighted by atomic mass is 10.1. The maximum atomic E-state index is 11.6. The van der Waals surface area contributed by atoms with E-state index in [1.165, 1.54) is 0 Å². The molecule has 10 nitrogen and oxygen atoms in total. The number of nitrogens with zero attached hydrogens (tertiary/aromatic N) is 1. The molecule has 1 unspecified atom stereocenters. The van der Waals surface area contributed by atoms with Crippen LogP contribution in [-0.4, -0.2) is 53.0 Å². The number of aliphatic carboxylic acids is 1. The fourth-order valence-corrected chi connectivity index (χ4v) is 1.65. The number of nitrogens with two attached hydrogens (primary N) is 1. The van der Waals surface area contributed by atoms with Crippen LogP contribution in [0.5, 0.6) is 0 Å². The standard InChI is InChI=1S/C16H30N4O6/c1-15(2,3)25-13(23)19-10(11(21)22)8-7-9-18-12(17)20-14(24)26-16(4,5)6/h10H,7-9H2,1-6H3,(H,19,23)(H,21,22)(H3,17,18,20,24). The SMILES string of the molecule is CC(C)(C)OC(=O)NC(N)=NCCCC(NC(=O)OC(C)(C)C)C(=O)O. The Hall–Kier alpha value is -2.52. The van der Waals surface area contributed by atoms with Gasteiger partial charge in [0, 0.05) is 6.54 Å². The van der Waals surface area contributed by atoms with Crippen LogP contribution in [0.1, 0.15) is 54.4 Å². The first kappa shape index (κ1) is 23.5. The molecule has 1 atom stereocenters. The van der Waals surface area contributed by atoms with E-state index in [0.29, 0.717) is 6.42 Å². The zero-order chi connectivity index (χ0) is 20.5. The molecule has 0 rings (SSSR count). The molecule has 0 aliphatic carbocycles. The molecule has 10 heteroatoms. The van der Waals surface area contributed by atoms with Crippen LogP contribution in [-0.2, 0) is 14.3 Å². The second kappa shape index (κ2) is 9.83. The number of ether oxygens (including phenoxy) is 2. The summed E-state index contributed by atoms with van der Waals surface area (Å²) >= 11 is 0. The van der Waals surface area contributed by atoms with Gasteiger partial charge in [0.05, 0.1) is 0 Å². The van der Waals surface area contributed by atoms with Crippen LogP contribution in [0.2, 0.25) is 0 Å². The van der Waals surface area contributed by atoms with Crippen molar-refractivity contribution in [2.45, 2.75) is 71.6 Å². The highest BCUT2D eigenvalue weighted by molar-refractivity contribution is 5.92. The molecule has 0 aromatic rings. The summed E-state index contributed by atoms with van der Waals surface area (Å²) in [5.41, 5.74) is 4.17. The van der Waals surface area contributed by atoms with Crippen LogP contribution in [0.4, 0.5) is 9.59 Å². The highest BCUT2D eigenvalue weighted by Gasteiger charge is 2.23. The van der Waals surface area contributed by atoms with E-state index in [0.717, 1.165) is 0 Å². The Morgan fingerprint density at radius 2 is 1.54 bits per heavy atom. The molecule has 0 saturated carbocycles. The second-order valence-corrected chi connectivity index (χ2v) is 7.57. The molecule has 0 heterocycles. The van der Waals surface area contributed by atoms with E-state index in [4.69, 9.17) is 20.3 Å². The number of guanidine groups is 1. The Bertz CT molecular complexity index is 534. The maximum Gasteiger partial charge on any atom is 0.414 e. The maximum absolute atomic E-state index is 11.6. The molecule has 0 aliphatic heterocycles. The number of hydrogen-bond donors (Lipinski definition) is 4. The molecule has 0 bridgehead atoms. The topological polar surface area (TPSA) is 152 Å². The average Bonchev–Trinajstić information content (AvgIpc) is 2.37. The highest BCUT2D eigenvalue weighted by atomic mass is 16.6. The van der Waals surface area contributed by atoms with Gasteiger partial charge in [-0.2, -0.15) is 0 Å². The van der Waals surface area contributed by atoms with Gasteiger partial charge in [-0.1, -0.05) is 0 Å². The molecule has 0 spiro atoms. The van der Waals surface area contributed by atoms with Gasteiger partial charge in [0.15, 0.2) is 5.96 Å². The molecule has 0 radical (unpaired) electrons. The van der Waals surface area contributed by atoms with Crippen molar-refractivity contribution in [3.8, 4) is 0 Å². The zero-order valence-corrected chi connectivity index (χ0v) is 16.2. The molecule has 0 aliphatic rings. The fourth-order valence-electron chi connectivity index (χ4n) is 1.65. The molecule has 26 heavy (non-hydrogen) atoms. The molecule has 5 N–H and O–H groups in total. The summed E-state index contributed by atoms with van der Waals surface area (Å²) in [7, 11) is 0. The Morgan fingerprint density at radius 1 is 1.04 bits per heavy atom. The molecule has 0 aromatic heterocycles. The first-order chi connectivity index (χ1) is 11.7. The molecule has 2 amide bonds. The van der Waals surface area contributed by atoms with Crippen molar-refractivity contribution in [3.63, 3.8) is 0 Å². The van der Waals surface area contributed by atoms with E-state index in [1.807, 2.05) is 0 Å². The Morgan fingerprint density at radius 3 is 2.00 bits per heavy atom. The average molecular weight is 374 g/mol. The van der Waals surface area contributed by atoms with Crippen LogP contribution in [0.3, 0.4) is 0 Å². The summed E-state index contributed by atoms with van der Waals surface area (Å²) in [6.45, 7) is 10.3. The Kier molecular flexibility index (Phi) is 8.88. The van der Waals surface area contributed by atoms with Gasteiger partial charge >= 0.3 is 18.2 Å². The monoisotopic (exact) mass is 374 g/mol. The molecule has 0 fully saturated rings. The van der Waals surface area contributed by atoms with Crippen LogP contribution >= 0.6 is 0 Å². The molecular weight excluding hydrogens is 344 g/mol. The minimum absolute atomic E-state index is 0.123. The van der Waals surface area contributed by atoms with Crippen molar-refractivity contribution in [3.05, 3.63) is 0 Å². The summed E-state index contributed by atoms with van der Waals surface area (Å²) in [4.78, 5) is 38.3. The molecule has 0 saturated heterocycles. The van der Waals surface area contributed by atoms with Gasteiger partial charge in [-0.15, -0.1) is 0 Å². The van der Waals surface area contributed by atoms with Crippen molar-refractivity contribution < 1.29 is 29.0 Å². The number of hydrogen-bond acceptors (Lipinski definition) is 6. The number of aliphatic imine (C=N–C) groups is 1. The van der Waals surface area contributed by atoms with E-state index in [2.05, 4.69) is 15.6 Å². The van der Waals surface area contributed by atoms with Gasteiger partial charge in [-0.25, -0.2) is 14.4 Å². The quantitative estimate of drug-likeness (QED) is 0.313. The van der Waals surface area contributed by atoms with Crippen molar-refractivity contribution >= 4 is 24.1 Å². The van der Waals surface area contributed by atoms with Gasteiger partial charge < -0.3 is 25.6 Å². The smallest absolute Gasteiger partial charge is 0.414 e. The fraction of sp³-hybridized carbons (Fsp3) is 0.750. The van der Waals surface area contributed by atoms with Crippen molar-refractivity contribution in [2.75, 3.05) is 6.54 Å². The number of carbonyl (C=O) groups is 3. The lowest BCUT2D eigenvalue weighted by Gasteiger charge is -2.21. The predicted molar refractivity (Wildman–Crippen MR) is 95.9 cm³/mol. The third kappa shape index (κ3) is 12.8. The number of nitrogens with one attached hydrogen (secondary N) is 2.